The number of aromatic nitrogens is 3. The lowest BCUT2D eigenvalue weighted by atomic mass is 10.0. The monoisotopic (exact) mass is 500 g/mol. The summed E-state index contributed by atoms with van der Waals surface area (Å²) in [6.45, 7) is 3.05. The highest BCUT2D eigenvalue weighted by Crippen LogP contribution is 2.36. The SMILES string of the molecule is CNC(=O)c1ccc(-c2c[nH]c3nc(Nc4ccc(C(=O)NC)cc4C)nc(OC4CCOC4)c23)cc1. The quantitative estimate of drug-likeness (QED) is 0.305. The number of H-pyrrole nitrogens is 1. The van der Waals surface area contributed by atoms with Crippen molar-refractivity contribution in [3.63, 3.8) is 0 Å². The molecule has 2 aromatic carbocycles. The number of aryl methyl sites for hydroxylation is 1. The van der Waals surface area contributed by atoms with Gasteiger partial charge in [0.15, 0.2) is 0 Å². The molecule has 1 atom stereocenters. The van der Waals surface area contributed by atoms with E-state index in [-0.39, 0.29) is 17.9 Å². The highest BCUT2D eigenvalue weighted by Gasteiger charge is 2.23. The molecule has 190 valence electrons. The molecule has 0 radical (unpaired) electrons. The first-order chi connectivity index (χ1) is 18.0. The van der Waals surface area contributed by atoms with Gasteiger partial charge in [-0.05, 0) is 48.4 Å². The first-order valence-electron chi connectivity index (χ1n) is 12.0. The highest BCUT2D eigenvalue weighted by atomic mass is 16.5. The van der Waals surface area contributed by atoms with E-state index in [2.05, 4.69) is 20.9 Å². The maximum absolute atomic E-state index is 12.0. The minimum absolute atomic E-state index is 0.113. The molecule has 0 spiro atoms. The van der Waals surface area contributed by atoms with Crippen LogP contribution in [0.1, 0.15) is 32.7 Å². The van der Waals surface area contributed by atoms with Crippen LogP contribution in [0.25, 0.3) is 22.2 Å². The standard InChI is InChI=1S/C27H28N6O4/c1-15-12-18(25(35)29-3)8-9-21(15)31-27-32-23-22(26(33-27)37-19-10-11-36-14-19)20(13-30-23)16-4-6-17(7-5-16)24(34)28-2/h4-9,12-13,19H,10-11,14H2,1-3H3,(H,28,34)(H,29,35)(H2,30,31,32,33). The lowest BCUT2D eigenvalue weighted by molar-refractivity contribution is 0.0955. The van der Waals surface area contributed by atoms with Gasteiger partial charge in [0.05, 0.1) is 18.6 Å². The Labute approximate surface area is 213 Å². The van der Waals surface area contributed by atoms with Crippen molar-refractivity contribution >= 4 is 34.5 Å². The van der Waals surface area contributed by atoms with Crippen LogP contribution in [0.3, 0.4) is 0 Å². The summed E-state index contributed by atoms with van der Waals surface area (Å²) < 4.78 is 11.8. The normalized spacial score (nSPS) is 14.9. The molecule has 37 heavy (non-hydrogen) atoms. The summed E-state index contributed by atoms with van der Waals surface area (Å²) in [6.07, 6.45) is 2.52. The van der Waals surface area contributed by atoms with Gasteiger partial charge in [-0.25, -0.2) is 0 Å². The van der Waals surface area contributed by atoms with Crippen molar-refractivity contribution in [3.8, 4) is 17.0 Å². The van der Waals surface area contributed by atoms with E-state index in [4.69, 9.17) is 19.4 Å². The number of fused-ring (bicyclic) bond motifs is 1. The number of rotatable bonds is 7. The number of aromatic amines is 1. The van der Waals surface area contributed by atoms with E-state index in [0.29, 0.717) is 41.8 Å². The van der Waals surface area contributed by atoms with E-state index in [9.17, 15) is 9.59 Å². The molecule has 1 unspecified atom stereocenters. The van der Waals surface area contributed by atoms with Gasteiger partial charge in [-0.3, -0.25) is 9.59 Å². The van der Waals surface area contributed by atoms with Crippen LogP contribution in [0.2, 0.25) is 0 Å². The van der Waals surface area contributed by atoms with E-state index in [1.807, 2.05) is 37.4 Å². The number of nitrogens with zero attached hydrogens (tertiary/aromatic N) is 2. The van der Waals surface area contributed by atoms with Gasteiger partial charge in [-0.15, -0.1) is 0 Å². The molecule has 3 heterocycles. The third-order valence-electron chi connectivity index (χ3n) is 6.31. The van der Waals surface area contributed by atoms with Gasteiger partial charge in [0.25, 0.3) is 11.8 Å². The van der Waals surface area contributed by atoms with Crippen LogP contribution in [0.5, 0.6) is 5.88 Å². The Morgan fingerprint density at radius 3 is 2.43 bits per heavy atom. The first-order valence-corrected chi connectivity index (χ1v) is 12.0. The van der Waals surface area contributed by atoms with Crippen molar-refractivity contribution in [3.05, 3.63) is 65.4 Å². The fourth-order valence-corrected chi connectivity index (χ4v) is 4.29. The van der Waals surface area contributed by atoms with Gasteiger partial charge in [-0.1, -0.05) is 12.1 Å². The lowest BCUT2D eigenvalue weighted by Gasteiger charge is -2.15. The maximum atomic E-state index is 12.0. The molecule has 0 bridgehead atoms. The lowest BCUT2D eigenvalue weighted by Crippen LogP contribution is -2.18. The van der Waals surface area contributed by atoms with E-state index in [1.165, 1.54) is 0 Å². The first kappa shape index (κ1) is 24.3. The second kappa shape index (κ2) is 10.3. The third-order valence-corrected chi connectivity index (χ3v) is 6.31. The molecular formula is C27H28N6O4. The van der Waals surface area contributed by atoms with Gasteiger partial charge >= 0.3 is 0 Å². The molecule has 2 aromatic heterocycles. The number of anilines is 2. The average Bonchev–Trinajstić information content (AvgIpc) is 3.59. The van der Waals surface area contributed by atoms with Crippen LogP contribution in [-0.2, 0) is 4.74 Å². The van der Waals surface area contributed by atoms with E-state index < -0.39 is 0 Å². The molecule has 1 aliphatic heterocycles. The summed E-state index contributed by atoms with van der Waals surface area (Å²) in [5, 5.41) is 9.27. The van der Waals surface area contributed by atoms with Crippen molar-refractivity contribution in [2.45, 2.75) is 19.4 Å². The second-order valence-electron chi connectivity index (χ2n) is 8.77. The van der Waals surface area contributed by atoms with Crippen molar-refractivity contribution in [1.29, 1.82) is 0 Å². The van der Waals surface area contributed by atoms with Crippen molar-refractivity contribution in [2.75, 3.05) is 32.6 Å². The van der Waals surface area contributed by atoms with Crippen molar-refractivity contribution in [1.82, 2.24) is 25.6 Å². The number of hydrogen-bond acceptors (Lipinski definition) is 7. The number of benzene rings is 2. The second-order valence-corrected chi connectivity index (χ2v) is 8.77. The fourth-order valence-electron chi connectivity index (χ4n) is 4.29. The number of hydrogen-bond donors (Lipinski definition) is 4. The summed E-state index contributed by atoms with van der Waals surface area (Å²) >= 11 is 0. The topological polar surface area (TPSA) is 130 Å². The number of carbonyl (C=O) groups excluding carboxylic acids is 2. The Morgan fingerprint density at radius 2 is 1.76 bits per heavy atom. The van der Waals surface area contributed by atoms with Gasteiger partial charge < -0.3 is 30.4 Å². The van der Waals surface area contributed by atoms with Crippen molar-refractivity contribution in [2.24, 2.45) is 0 Å². The van der Waals surface area contributed by atoms with Crippen LogP contribution in [-0.4, -0.2) is 60.2 Å². The summed E-state index contributed by atoms with van der Waals surface area (Å²) in [5.41, 5.74) is 5.17. The van der Waals surface area contributed by atoms with Crippen LogP contribution in [0, 0.1) is 6.92 Å². The molecule has 0 aliphatic carbocycles. The minimum Gasteiger partial charge on any atom is -0.471 e. The Bertz CT molecular complexity index is 1460. The van der Waals surface area contributed by atoms with E-state index in [0.717, 1.165) is 34.2 Å². The third kappa shape index (κ3) is 4.96. The van der Waals surface area contributed by atoms with Crippen molar-refractivity contribution < 1.29 is 19.1 Å². The smallest absolute Gasteiger partial charge is 0.251 e. The molecule has 1 saturated heterocycles. The number of nitrogens with one attached hydrogen (secondary N) is 4. The number of amides is 2. The Balaban J connectivity index is 1.53. The molecule has 10 heteroatoms. The summed E-state index contributed by atoms with van der Waals surface area (Å²) in [6, 6.07) is 12.7. The van der Waals surface area contributed by atoms with Crippen LogP contribution in [0.4, 0.5) is 11.6 Å². The highest BCUT2D eigenvalue weighted by molar-refractivity contribution is 5.99. The zero-order valence-corrected chi connectivity index (χ0v) is 20.8. The molecule has 0 saturated carbocycles. The Hall–Kier alpha value is -4.44. The zero-order valence-electron chi connectivity index (χ0n) is 20.8. The summed E-state index contributed by atoms with van der Waals surface area (Å²) in [7, 11) is 3.21. The molecule has 4 N–H and O–H groups in total. The van der Waals surface area contributed by atoms with E-state index >= 15 is 0 Å². The van der Waals surface area contributed by atoms with Gasteiger partial charge in [0.1, 0.15) is 11.8 Å². The van der Waals surface area contributed by atoms with Gasteiger partial charge in [-0.2, -0.15) is 9.97 Å². The molecule has 5 rings (SSSR count). The zero-order chi connectivity index (χ0) is 25.9. The van der Waals surface area contributed by atoms with Crippen LogP contribution in [0.15, 0.2) is 48.7 Å². The predicted octanol–water partition coefficient (Wildman–Crippen LogP) is 3.56. The molecule has 10 nitrogen and oxygen atoms in total. The number of carbonyl (C=O) groups is 2. The largest absolute Gasteiger partial charge is 0.471 e. The predicted molar refractivity (Wildman–Crippen MR) is 140 cm³/mol. The Morgan fingerprint density at radius 1 is 1.03 bits per heavy atom. The maximum Gasteiger partial charge on any atom is 0.251 e. The molecular weight excluding hydrogens is 472 g/mol. The molecule has 4 aromatic rings. The van der Waals surface area contributed by atoms with Crippen LogP contribution >= 0.6 is 0 Å². The molecule has 1 fully saturated rings. The Kier molecular flexibility index (Phi) is 6.74. The van der Waals surface area contributed by atoms with Gasteiger partial charge in [0.2, 0.25) is 11.8 Å². The summed E-state index contributed by atoms with van der Waals surface area (Å²) in [5.74, 6) is 0.507. The molecule has 2 amide bonds. The molecule has 1 aliphatic rings. The van der Waals surface area contributed by atoms with Crippen LogP contribution < -0.4 is 20.7 Å². The van der Waals surface area contributed by atoms with E-state index in [1.54, 1.807) is 32.3 Å². The fraction of sp³-hybridized carbons (Fsp3) is 0.259. The summed E-state index contributed by atoms with van der Waals surface area (Å²) in [4.78, 5) is 36.6. The van der Waals surface area contributed by atoms with Gasteiger partial charge in [0, 0.05) is 49.1 Å². The minimum atomic E-state index is -0.149. The average molecular weight is 501 g/mol. The number of ether oxygens (including phenoxy) is 2.